The summed E-state index contributed by atoms with van der Waals surface area (Å²) in [6.07, 6.45) is 0.315. The summed E-state index contributed by atoms with van der Waals surface area (Å²) in [4.78, 5) is 4.59. The lowest BCUT2D eigenvalue weighted by Crippen LogP contribution is -2.31. The number of sulfonamides is 1. The summed E-state index contributed by atoms with van der Waals surface area (Å²) in [5.41, 5.74) is 0.841. The van der Waals surface area contributed by atoms with Crippen LogP contribution in [0, 0.1) is 0 Å². The van der Waals surface area contributed by atoms with Crippen molar-refractivity contribution in [1.29, 1.82) is 0 Å². The fourth-order valence-corrected chi connectivity index (χ4v) is 5.08. The number of benzene rings is 2. The van der Waals surface area contributed by atoms with E-state index >= 15 is 0 Å². The molecule has 1 aliphatic rings. The van der Waals surface area contributed by atoms with Crippen LogP contribution in [0.1, 0.15) is 6.42 Å². The molecule has 0 saturated carbocycles. The van der Waals surface area contributed by atoms with E-state index in [2.05, 4.69) is 4.98 Å². The van der Waals surface area contributed by atoms with Crippen LogP contribution in [0.5, 0.6) is 17.4 Å². The number of nitrogens with zero attached hydrogens (tertiary/aromatic N) is 2. The summed E-state index contributed by atoms with van der Waals surface area (Å²) >= 11 is 0. The number of methoxy groups -OCH3 is 2. The maximum Gasteiger partial charge on any atom is 0.247 e. The van der Waals surface area contributed by atoms with Crippen molar-refractivity contribution < 1.29 is 22.6 Å². The van der Waals surface area contributed by atoms with Crippen LogP contribution in [0.3, 0.4) is 0 Å². The molecular formula is C21H22N2O5S. The van der Waals surface area contributed by atoms with Gasteiger partial charge in [-0.3, -0.25) is 0 Å². The van der Waals surface area contributed by atoms with Crippen molar-refractivity contribution in [2.75, 3.05) is 27.3 Å². The molecule has 8 heteroatoms. The van der Waals surface area contributed by atoms with Gasteiger partial charge in [0, 0.05) is 24.1 Å². The molecule has 2 aromatic carbocycles. The molecule has 1 fully saturated rings. The average Bonchev–Trinajstić information content (AvgIpc) is 3.22. The predicted octanol–water partition coefficient (Wildman–Crippen LogP) is 3.09. The van der Waals surface area contributed by atoms with Crippen molar-refractivity contribution in [2.24, 2.45) is 0 Å². The highest BCUT2D eigenvalue weighted by Gasteiger charge is 2.35. The third kappa shape index (κ3) is 3.86. The number of hydrogen-bond donors (Lipinski definition) is 0. The molecule has 2 heterocycles. The second-order valence-electron chi connectivity index (χ2n) is 6.75. The van der Waals surface area contributed by atoms with Crippen LogP contribution in [-0.4, -0.2) is 51.1 Å². The van der Waals surface area contributed by atoms with Crippen LogP contribution in [0.25, 0.3) is 10.9 Å². The van der Waals surface area contributed by atoms with Gasteiger partial charge in [-0.25, -0.2) is 13.4 Å². The first-order chi connectivity index (χ1) is 14.0. The Morgan fingerprint density at radius 2 is 1.86 bits per heavy atom. The van der Waals surface area contributed by atoms with E-state index in [0.717, 1.165) is 10.9 Å². The second-order valence-corrected chi connectivity index (χ2v) is 8.66. The number of ether oxygens (including phenoxy) is 3. The summed E-state index contributed by atoms with van der Waals surface area (Å²) in [7, 11) is -0.805. The molecule has 0 N–H and O–H groups in total. The zero-order chi connectivity index (χ0) is 20.4. The largest absolute Gasteiger partial charge is 0.497 e. The Morgan fingerprint density at radius 3 is 2.66 bits per heavy atom. The minimum absolute atomic E-state index is 0.0869. The minimum atomic E-state index is -3.75. The van der Waals surface area contributed by atoms with Crippen molar-refractivity contribution in [3.05, 3.63) is 54.6 Å². The Morgan fingerprint density at radius 1 is 1.03 bits per heavy atom. The van der Waals surface area contributed by atoms with Crippen molar-refractivity contribution in [2.45, 2.75) is 17.4 Å². The van der Waals surface area contributed by atoms with Gasteiger partial charge in [0.2, 0.25) is 15.9 Å². The fraction of sp³-hybridized carbons (Fsp3) is 0.286. The van der Waals surface area contributed by atoms with E-state index in [9.17, 15) is 8.42 Å². The molecule has 0 bridgehead atoms. The van der Waals surface area contributed by atoms with Crippen LogP contribution < -0.4 is 14.2 Å². The number of fused-ring (bicyclic) bond motifs is 1. The Kier molecular flexibility index (Phi) is 5.29. The zero-order valence-corrected chi connectivity index (χ0v) is 17.1. The predicted molar refractivity (Wildman–Crippen MR) is 109 cm³/mol. The Hall–Kier alpha value is -2.84. The molecular weight excluding hydrogens is 392 g/mol. The highest BCUT2D eigenvalue weighted by Crippen LogP contribution is 2.32. The quantitative estimate of drug-likeness (QED) is 0.617. The molecule has 0 amide bonds. The van der Waals surface area contributed by atoms with E-state index in [1.54, 1.807) is 12.1 Å². The molecule has 1 atom stereocenters. The molecule has 4 rings (SSSR count). The molecule has 0 aliphatic carbocycles. The van der Waals surface area contributed by atoms with Gasteiger partial charge >= 0.3 is 0 Å². The summed E-state index contributed by atoms with van der Waals surface area (Å²) < 4.78 is 44.2. The normalized spacial score (nSPS) is 17.4. The van der Waals surface area contributed by atoms with Crippen LogP contribution in [-0.2, 0) is 10.0 Å². The van der Waals surface area contributed by atoms with E-state index in [0.29, 0.717) is 24.6 Å². The van der Waals surface area contributed by atoms with Crippen LogP contribution in [0.15, 0.2) is 59.5 Å². The number of rotatable bonds is 6. The van der Waals surface area contributed by atoms with E-state index in [1.807, 2.05) is 36.4 Å². The first kappa shape index (κ1) is 19.5. The zero-order valence-electron chi connectivity index (χ0n) is 16.2. The summed E-state index contributed by atoms with van der Waals surface area (Å²) in [6, 6.07) is 16.3. The Balaban J connectivity index is 1.53. The topological polar surface area (TPSA) is 78.0 Å². The third-order valence-corrected chi connectivity index (χ3v) is 6.84. The van der Waals surface area contributed by atoms with Gasteiger partial charge in [-0.2, -0.15) is 4.31 Å². The van der Waals surface area contributed by atoms with Crippen molar-refractivity contribution in [3.8, 4) is 17.4 Å². The molecule has 152 valence electrons. The Bertz CT molecular complexity index is 1130. The maximum atomic E-state index is 13.2. The first-order valence-electron chi connectivity index (χ1n) is 9.26. The van der Waals surface area contributed by atoms with Gasteiger partial charge in [0.05, 0.1) is 26.3 Å². The van der Waals surface area contributed by atoms with Crippen molar-refractivity contribution in [3.63, 3.8) is 0 Å². The standard InChI is InChI=1S/C21H22N2O5S/c1-26-16-8-9-19(27-2)20(13-16)29(24,25)23-12-11-17(14-23)28-21-10-7-15-5-3-4-6-18(15)22-21/h3-10,13,17H,11-12,14H2,1-2H3. The van der Waals surface area contributed by atoms with Gasteiger partial charge in [-0.05, 0) is 30.7 Å². The molecule has 1 aromatic heterocycles. The lowest BCUT2D eigenvalue weighted by Gasteiger charge is -2.19. The van der Waals surface area contributed by atoms with Crippen molar-refractivity contribution >= 4 is 20.9 Å². The number of aromatic nitrogens is 1. The van der Waals surface area contributed by atoms with Gasteiger partial charge in [0.1, 0.15) is 22.5 Å². The molecule has 1 unspecified atom stereocenters. The second kappa shape index (κ2) is 7.88. The minimum Gasteiger partial charge on any atom is -0.497 e. The van der Waals surface area contributed by atoms with Crippen LogP contribution in [0.2, 0.25) is 0 Å². The molecule has 29 heavy (non-hydrogen) atoms. The van der Waals surface area contributed by atoms with Gasteiger partial charge in [-0.15, -0.1) is 0 Å². The van der Waals surface area contributed by atoms with Gasteiger partial charge in [0.25, 0.3) is 0 Å². The lowest BCUT2D eigenvalue weighted by atomic mass is 10.2. The van der Waals surface area contributed by atoms with E-state index in [1.165, 1.54) is 24.6 Å². The fourth-order valence-electron chi connectivity index (χ4n) is 3.42. The van der Waals surface area contributed by atoms with Crippen molar-refractivity contribution in [1.82, 2.24) is 9.29 Å². The average molecular weight is 414 g/mol. The summed E-state index contributed by atoms with van der Waals surface area (Å²) in [5, 5.41) is 1.03. The van der Waals surface area contributed by atoms with E-state index in [-0.39, 0.29) is 23.3 Å². The maximum absolute atomic E-state index is 13.2. The third-order valence-electron chi connectivity index (χ3n) is 4.96. The Labute approximate surface area is 169 Å². The molecule has 3 aromatic rings. The lowest BCUT2D eigenvalue weighted by molar-refractivity contribution is 0.207. The van der Waals surface area contributed by atoms with Gasteiger partial charge in [-0.1, -0.05) is 18.2 Å². The highest BCUT2D eigenvalue weighted by atomic mass is 32.2. The van der Waals surface area contributed by atoms with Crippen LogP contribution in [0.4, 0.5) is 0 Å². The molecule has 0 radical (unpaired) electrons. The SMILES string of the molecule is COc1ccc(OC)c(S(=O)(=O)N2CCC(Oc3ccc4ccccc4n3)C2)c1. The van der Waals surface area contributed by atoms with Gasteiger partial charge in [0.15, 0.2) is 0 Å². The number of pyridine rings is 1. The highest BCUT2D eigenvalue weighted by molar-refractivity contribution is 7.89. The smallest absolute Gasteiger partial charge is 0.247 e. The van der Waals surface area contributed by atoms with E-state index in [4.69, 9.17) is 14.2 Å². The number of hydrogen-bond acceptors (Lipinski definition) is 6. The van der Waals surface area contributed by atoms with Crippen LogP contribution >= 0.6 is 0 Å². The molecule has 0 spiro atoms. The summed E-state index contributed by atoms with van der Waals surface area (Å²) in [5.74, 6) is 1.23. The molecule has 1 aliphatic heterocycles. The van der Waals surface area contributed by atoms with Gasteiger partial charge < -0.3 is 14.2 Å². The van der Waals surface area contributed by atoms with E-state index < -0.39 is 10.0 Å². The molecule has 7 nitrogen and oxygen atoms in total. The summed E-state index contributed by atoms with van der Waals surface area (Å²) in [6.45, 7) is 0.609. The monoisotopic (exact) mass is 414 g/mol. The molecule has 1 saturated heterocycles. The first-order valence-corrected chi connectivity index (χ1v) is 10.7. The number of para-hydroxylation sites is 1.